The molecule has 0 aromatic carbocycles. The van der Waals surface area contributed by atoms with Crippen molar-refractivity contribution in [2.45, 2.75) is 18.3 Å². The third-order valence-electron chi connectivity index (χ3n) is 1.47. The molecule has 0 radical (unpaired) electrons. The molecule has 8 heteroatoms. The van der Waals surface area contributed by atoms with Gasteiger partial charge in [0.25, 0.3) is 0 Å². The Bertz CT molecular complexity index is 309. The molecule has 1 unspecified atom stereocenters. The van der Waals surface area contributed by atoms with Crippen LogP contribution >= 0.6 is 0 Å². The predicted molar refractivity (Wildman–Crippen MR) is 43.4 cm³/mol. The largest absolute Gasteiger partial charge is 0.405 e. The molecule has 0 bridgehead atoms. The van der Waals surface area contributed by atoms with Gasteiger partial charge in [-0.05, 0) is 6.92 Å². The number of amides is 1. The van der Waals surface area contributed by atoms with Crippen LogP contribution in [-0.2, 0) is 14.6 Å². The maximum absolute atomic E-state index is 11.6. The molecule has 0 aliphatic heterocycles. The van der Waals surface area contributed by atoms with E-state index >= 15 is 0 Å². The van der Waals surface area contributed by atoms with Gasteiger partial charge in [0.2, 0.25) is 5.91 Å². The van der Waals surface area contributed by atoms with E-state index in [0.717, 1.165) is 13.2 Å². The molecule has 1 N–H and O–H groups in total. The van der Waals surface area contributed by atoms with Crippen LogP contribution in [0.5, 0.6) is 0 Å². The first-order valence-electron chi connectivity index (χ1n) is 3.57. The van der Waals surface area contributed by atoms with Crippen LogP contribution in [0, 0.1) is 0 Å². The van der Waals surface area contributed by atoms with Gasteiger partial charge in [-0.3, -0.25) is 4.79 Å². The summed E-state index contributed by atoms with van der Waals surface area (Å²) in [5, 5.41) is 0.0181. The zero-order chi connectivity index (χ0) is 11.6. The second-order valence-corrected chi connectivity index (χ2v) is 5.17. The molecule has 0 fully saturated rings. The van der Waals surface area contributed by atoms with E-state index in [-0.39, 0.29) is 0 Å². The summed E-state index contributed by atoms with van der Waals surface area (Å²) < 4.78 is 56.3. The minimum atomic E-state index is -4.53. The fourth-order valence-electron chi connectivity index (χ4n) is 0.526. The van der Waals surface area contributed by atoms with Crippen LogP contribution < -0.4 is 5.32 Å². The van der Waals surface area contributed by atoms with Crippen molar-refractivity contribution in [1.29, 1.82) is 0 Å². The monoisotopic (exact) mass is 233 g/mol. The Hall–Kier alpha value is -0.790. The van der Waals surface area contributed by atoms with Gasteiger partial charge in [-0.25, -0.2) is 8.42 Å². The Kier molecular flexibility index (Phi) is 3.92. The van der Waals surface area contributed by atoms with E-state index in [9.17, 15) is 26.4 Å². The van der Waals surface area contributed by atoms with Crippen molar-refractivity contribution in [2.24, 2.45) is 0 Å². The summed E-state index contributed by atoms with van der Waals surface area (Å²) in [5.74, 6) is -1.15. The minimum Gasteiger partial charge on any atom is -0.346 e. The van der Waals surface area contributed by atoms with E-state index in [1.165, 1.54) is 5.32 Å². The molecule has 0 saturated heterocycles. The lowest BCUT2D eigenvalue weighted by molar-refractivity contribution is -0.138. The average Bonchev–Trinajstić information content (AvgIpc) is 1.95. The van der Waals surface area contributed by atoms with E-state index in [1.807, 2.05) is 0 Å². The summed E-state index contributed by atoms with van der Waals surface area (Å²) in [6.45, 7) is -0.493. The molecule has 84 valence electrons. The highest BCUT2D eigenvalue weighted by molar-refractivity contribution is 7.92. The number of hydrogen-bond donors (Lipinski definition) is 1. The number of halogens is 3. The van der Waals surface area contributed by atoms with E-state index < -0.39 is 33.7 Å². The van der Waals surface area contributed by atoms with Gasteiger partial charge >= 0.3 is 6.18 Å². The molecule has 0 aliphatic rings. The Balaban J connectivity index is 4.25. The van der Waals surface area contributed by atoms with E-state index in [0.29, 0.717) is 0 Å². The molecule has 0 aromatic rings. The molecule has 0 aromatic heterocycles. The molecule has 4 nitrogen and oxygen atoms in total. The summed E-state index contributed by atoms with van der Waals surface area (Å²) >= 11 is 0. The third-order valence-corrected chi connectivity index (χ3v) is 2.97. The molecule has 0 rings (SSSR count). The van der Waals surface area contributed by atoms with Crippen LogP contribution in [0.3, 0.4) is 0 Å². The smallest absolute Gasteiger partial charge is 0.346 e. The summed E-state index contributed by atoms with van der Waals surface area (Å²) in [5.41, 5.74) is 0. The lowest BCUT2D eigenvalue weighted by atomic mass is 10.4. The Labute approximate surface area is 79.4 Å². The fourth-order valence-corrected chi connectivity index (χ4v) is 0.998. The number of hydrogen-bond acceptors (Lipinski definition) is 3. The van der Waals surface area contributed by atoms with Crippen molar-refractivity contribution in [3.63, 3.8) is 0 Å². The fraction of sp³-hybridized carbons (Fsp3) is 0.833. The average molecular weight is 233 g/mol. The quantitative estimate of drug-likeness (QED) is 0.751. The first kappa shape index (κ1) is 13.2. The highest BCUT2D eigenvalue weighted by atomic mass is 32.2. The van der Waals surface area contributed by atoms with E-state index in [4.69, 9.17) is 0 Å². The highest BCUT2D eigenvalue weighted by Gasteiger charge is 2.30. The molecule has 0 heterocycles. The van der Waals surface area contributed by atoms with Crippen molar-refractivity contribution < 1.29 is 26.4 Å². The summed E-state index contributed by atoms with van der Waals surface area (Å²) in [4.78, 5) is 10.8. The normalized spacial score (nSPS) is 14.9. The predicted octanol–water partition coefficient (Wildman–Crippen LogP) is 0.0980. The number of carbonyl (C=O) groups excluding carboxylic acids is 1. The molecule has 1 atom stereocenters. The lowest BCUT2D eigenvalue weighted by Gasteiger charge is -2.11. The van der Waals surface area contributed by atoms with E-state index in [1.54, 1.807) is 0 Å². The Morgan fingerprint density at radius 2 is 1.86 bits per heavy atom. The summed E-state index contributed by atoms with van der Waals surface area (Å²) in [7, 11) is -3.65. The SMILES string of the molecule is CC(C(=O)NCC(F)(F)F)S(C)(=O)=O. The van der Waals surface area contributed by atoms with Crippen LogP contribution in [0.4, 0.5) is 13.2 Å². The number of rotatable bonds is 3. The van der Waals surface area contributed by atoms with Crippen LogP contribution in [0.2, 0.25) is 0 Å². The molecular formula is C6H10F3NO3S. The van der Waals surface area contributed by atoms with Gasteiger partial charge in [0.05, 0.1) is 0 Å². The second kappa shape index (κ2) is 4.16. The molecular weight excluding hydrogens is 223 g/mol. The maximum atomic E-state index is 11.6. The van der Waals surface area contributed by atoms with Crippen LogP contribution in [0.25, 0.3) is 0 Å². The standard InChI is InChI=1S/C6H10F3NO3S/c1-4(14(2,12)13)5(11)10-3-6(7,8)9/h4H,3H2,1-2H3,(H,10,11). The number of nitrogens with one attached hydrogen (secondary N) is 1. The van der Waals surface area contributed by atoms with Gasteiger partial charge in [-0.2, -0.15) is 13.2 Å². The zero-order valence-electron chi connectivity index (χ0n) is 7.55. The van der Waals surface area contributed by atoms with Crippen molar-refractivity contribution in [1.82, 2.24) is 5.32 Å². The van der Waals surface area contributed by atoms with Crippen LogP contribution in [0.1, 0.15) is 6.92 Å². The van der Waals surface area contributed by atoms with Gasteiger partial charge in [-0.15, -0.1) is 0 Å². The highest BCUT2D eigenvalue weighted by Crippen LogP contribution is 2.12. The van der Waals surface area contributed by atoms with Crippen molar-refractivity contribution in [3.05, 3.63) is 0 Å². The number of sulfone groups is 1. The van der Waals surface area contributed by atoms with Crippen molar-refractivity contribution in [2.75, 3.05) is 12.8 Å². The second-order valence-electron chi connectivity index (χ2n) is 2.80. The van der Waals surface area contributed by atoms with Crippen LogP contribution in [0.15, 0.2) is 0 Å². The molecule has 0 spiro atoms. The lowest BCUT2D eigenvalue weighted by Crippen LogP contribution is -2.41. The van der Waals surface area contributed by atoms with Gasteiger partial charge in [-0.1, -0.05) is 0 Å². The van der Waals surface area contributed by atoms with Gasteiger partial charge in [0.1, 0.15) is 11.8 Å². The van der Waals surface area contributed by atoms with Gasteiger partial charge in [0.15, 0.2) is 9.84 Å². The van der Waals surface area contributed by atoms with Crippen molar-refractivity contribution in [3.8, 4) is 0 Å². The zero-order valence-corrected chi connectivity index (χ0v) is 8.37. The Morgan fingerprint density at radius 1 is 1.43 bits per heavy atom. The molecule has 1 amide bonds. The molecule has 14 heavy (non-hydrogen) atoms. The maximum Gasteiger partial charge on any atom is 0.405 e. The van der Waals surface area contributed by atoms with Crippen molar-refractivity contribution >= 4 is 15.7 Å². The van der Waals surface area contributed by atoms with Gasteiger partial charge in [0, 0.05) is 6.26 Å². The number of carbonyl (C=O) groups is 1. The summed E-state index contributed by atoms with van der Waals surface area (Å²) in [6, 6.07) is 0. The topological polar surface area (TPSA) is 63.2 Å². The first-order valence-corrected chi connectivity index (χ1v) is 5.53. The molecule has 0 saturated carbocycles. The first-order chi connectivity index (χ1) is 6.04. The molecule has 0 aliphatic carbocycles. The number of alkyl halides is 3. The Morgan fingerprint density at radius 3 is 2.14 bits per heavy atom. The summed E-state index contributed by atoms with van der Waals surface area (Å²) in [6.07, 6.45) is -3.75. The third kappa shape index (κ3) is 5.05. The van der Waals surface area contributed by atoms with E-state index in [2.05, 4.69) is 0 Å². The van der Waals surface area contributed by atoms with Gasteiger partial charge < -0.3 is 5.32 Å². The minimum absolute atomic E-state index is 0.783. The van der Waals surface area contributed by atoms with Crippen LogP contribution in [-0.4, -0.2) is 38.6 Å².